The lowest BCUT2D eigenvalue weighted by molar-refractivity contribution is -0.614. The fraction of sp³-hybridized carbons (Fsp3) is 0.154. The predicted octanol–water partition coefficient (Wildman–Crippen LogP) is 8.19. The van der Waals surface area contributed by atoms with E-state index >= 15 is 0 Å². The van der Waals surface area contributed by atoms with Gasteiger partial charge >= 0.3 is 11.8 Å². The maximum Gasteiger partial charge on any atom is 0.477 e. The Kier molecular flexibility index (Phi) is 12.7. The molecule has 0 amide bonds. The van der Waals surface area contributed by atoms with Crippen molar-refractivity contribution in [3.63, 3.8) is 0 Å². The number of hydrogen-bond donors (Lipinski definition) is 0. The molecule has 3 aromatic heterocycles. The molecule has 2 fully saturated rings. The molecular formula is C52H48BClN8O2. The van der Waals surface area contributed by atoms with Crippen LogP contribution >= 0.6 is 11.6 Å². The first kappa shape index (κ1) is 42.0. The van der Waals surface area contributed by atoms with Gasteiger partial charge in [-0.25, -0.2) is 4.57 Å². The fourth-order valence-corrected chi connectivity index (χ4v) is 9.37. The molecule has 0 radical (unpaired) electrons. The lowest BCUT2D eigenvalue weighted by atomic mass is 9.13. The van der Waals surface area contributed by atoms with Crippen LogP contribution in [0.15, 0.2) is 195 Å². The SMILES string of the molecule is O=[N+]([O-])c1ccc([N-]c2nc(-[n+]3ccc(N4CCCC4)cc3)nc(-[n+]3ccc(N4CCCC4)cc3)c2Cl)cc1.c1ccc([B-](c2ccccc2)(c2ccccc2)c2ccccc2)cc1. The number of pyridine rings is 2. The first-order chi connectivity index (χ1) is 31.5. The van der Waals surface area contributed by atoms with Gasteiger partial charge in [0.05, 0.1) is 29.7 Å². The quantitative estimate of drug-likeness (QED) is 0.0564. The van der Waals surface area contributed by atoms with E-state index in [1.165, 1.54) is 65.4 Å². The predicted molar refractivity (Wildman–Crippen MR) is 259 cm³/mol. The molecule has 0 aliphatic carbocycles. The van der Waals surface area contributed by atoms with E-state index in [2.05, 4.69) is 166 Å². The molecular weight excluding hydrogens is 815 g/mol. The highest BCUT2D eigenvalue weighted by molar-refractivity contribution is 7.19. The Labute approximate surface area is 379 Å². The summed E-state index contributed by atoms with van der Waals surface area (Å²) in [4.78, 5) is 24.8. The molecule has 5 heterocycles. The van der Waals surface area contributed by atoms with Crippen LogP contribution in [0, 0.1) is 10.1 Å². The fourth-order valence-electron chi connectivity index (χ4n) is 9.15. The molecule has 64 heavy (non-hydrogen) atoms. The van der Waals surface area contributed by atoms with E-state index < -0.39 is 11.1 Å². The van der Waals surface area contributed by atoms with E-state index in [0.29, 0.717) is 17.5 Å². The van der Waals surface area contributed by atoms with Gasteiger partial charge in [-0.15, -0.1) is 0 Å². The van der Waals surface area contributed by atoms with Crippen molar-refractivity contribution in [1.82, 2.24) is 9.97 Å². The van der Waals surface area contributed by atoms with E-state index in [9.17, 15) is 10.1 Å². The number of hydrogen-bond acceptors (Lipinski definition) is 6. The molecule has 0 spiro atoms. The molecule has 12 heteroatoms. The summed E-state index contributed by atoms with van der Waals surface area (Å²) >= 11 is 6.84. The van der Waals surface area contributed by atoms with Gasteiger partial charge in [0.25, 0.3) is 5.69 Å². The van der Waals surface area contributed by atoms with Crippen molar-refractivity contribution >= 4 is 68.2 Å². The standard InChI is InChI=1S/C28H28ClN8O2.C24H20B/c29-25-26(30-21-5-7-24(8-6-21)37(38)39)31-28(36-19-11-23(12-20-36)34-15-3-4-16-34)32-27(25)35-17-9-22(10-18-35)33-13-1-2-14-33;1-5-13-21(14-6-1)25(22-15-7-2-8-16-22,23-17-9-3-10-18-23)24-19-11-4-12-20-24/h5-12,17-20H,1-4,13-16H2;1-20H/q+1;-1. The smallest absolute Gasteiger partial charge is 0.400 e. The molecule has 10 nitrogen and oxygen atoms in total. The number of anilines is 2. The second-order valence-electron chi connectivity index (χ2n) is 16.2. The van der Waals surface area contributed by atoms with Crippen molar-refractivity contribution in [2.24, 2.45) is 0 Å². The first-order valence-corrected chi connectivity index (χ1v) is 22.3. The third-order valence-corrected chi connectivity index (χ3v) is 12.7. The van der Waals surface area contributed by atoms with E-state index in [1.54, 1.807) is 12.1 Å². The minimum Gasteiger partial charge on any atom is -0.400 e. The van der Waals surface area contributed by atoms with Gasteiger partial charge in [-0.1, -0.05) is 150 Å². The van der Waals surface area contributed by atoms with Crippen molar-refractivity contribution in [2.45, 2.75) is 25.7 Å². The number of rotatable bonds is 11. The third-order valence-electron chi connectivity index (χ3n) is 12.3. The van der Waals surface area contributed by atoms with E-state index in [1.807, 2.05) is 33.9 Å². The lowest BCUT2D eigenvalue weighted by Crippen LogP contribution is -2.74. The van der Waals surface area contributed by atoms with Crippen LogP contribution in [-0.4, -0.2) is 47.2 Å². The summed E-state index contributed by atoms with van der Waals surface area (Å²) in [5.74, 6) is 1.18. The minimum absolute atomic E-state index is 0.00796. The minimum atomic E-state index is -1.22. The highest BCUT2D eigenvalue weighted by Crippen LogP contribution is 2.36. The average molecular weight is 863 g/mol. The van der Waals surface area contributed by atoms with Gasteiger partial charge in [-0.3, -0.25) is 10.1 Å². The Hall–Kier alpha value is -7.37. The summed E-state index contributed by atoms with van der Waals surface area (Å²) in [5, 5.41) is 16.0. The van der Waals surface area contributed by atoms with E-state index in [4.69, 9.17) is 16.6 Å². The van der Waals surface area contributed by atoms with Crippen LogP contribution < -0.4 is 40.8 Å². The highest BCUT2D eigenvalue weighted by Gasteiger charge is 2.31. The second-order valence-corrected chi connectivity index (χ2v) is 16.6. The van der Waals surface area contributed by atoms with Crippen LogP contribution in [0.25, 0.3) is 17.1 Å². The summed E-state index contributed by atoms with van der Waals surface area (Å²) in [6.07, 6.45) is 11.4. The van der Waals surface area contributed by atoms with Gasteiger partial charge < -0.3 is 15.1 Å². The molecule has 0 atom stereocenters. The molecule has 5 aromatic carbocycles. The van der Waals surface area contributed by atoms with Crippen LogP contribution in [0.5, 0.6) is 0 Å². The van der Waals surface area contributed by atoms with Gasteiger partial charge in [0.2, 0.25) is 0 Å². The Morgan fingerprint density at radius 2 is 0.922 bits per heavy atom. The number of non-ortho nitro benzene ring substituents is 1. The molecule has 2 saturated heterocycles. The van der Waals surface area contributed by atoms with Gasteiger partial charge in [0.15, 0.2) is 10.8 Å². The second kappa shape index (κ2) is 19.4. The Morgan fingerprint density at radius 3 is 1.31 bits per heavy atom. The number of nitro groups is 1. The lowest BCUT2D eigenvalue weighted by Gasteiger charge is -2.44. The molecule has 2 aliphatic rings. The van der Waals surface area contributed by atoms with Crippen LogP contribution in [0.1, 0.15) is 25.7 Å². The first-order valence-electron chi connectivity index (χ1n) is 21.9. The summed E-state index contributed by atoms with van der Waals surface area (Å²) in [6.45, 7) is 4.25. The van der Waals surface area contributed by atoms with E-state index in [0.717, 1.165) is 31.9 Å². The Bertz CT molecular complexity index is 2610. The topological polar surface area (TPSA) is 97.3 Å². The van der Waals surface area contributed by atoms with Crippen LogP contribution in [0.4, 0.5) is 28.6 Å². The monoisotopic (exact) mass is 862 g/mol. The zero-order chi connectivity index (χ0) is 43.7. The van der Waals surface area contributed by atoms with Crippen LogP contribution in [-0.2, 0) is 0 Å². The molecule has 318 valence electrons. The number of nitrogens with zero attached hydrogens (tertiary/aromatic N) is 8. The molecule has 0 N–H and O–H groups in total. The summed E-state index contributed by atoms with van der Waals surface area (Å²) in [5.41, 5.74) is 8.18. The highest BCUT2D eigenvalue weighted by atomic mass is 35.5. The number of benzene rings is 5. The van der Waals surface area contributed by atoms with Crippen molar-refractivity contribution < 1.29 is 14.1 Å². The number of aromatic nitrogens is 4. The largest absolute Gasteiger partial charge is 0.477 e. The number of halogens is 1. The van der Waals surface area contributed by atoms with Crippen molar-refractivity contribution in [3.05, 3.63) is 215 Å². The normalized spacial score (nSPS) is 13.6. The average Bonchev–Trinajstić information content (AvgIpc) is 4.11. The van der Waals surface area contributed by atoms with Gasteiger partial charge in [-0.05, 0) is 43.5 Å². The van der Waals surface area contributed by atoms with Crippen molar-refractivity contribution in [1.29, 1.82) is 0 Å². The molecule has 0 unspecified atom stereocenters. The van der Waals surface area contributed by atoms with Crippen LogP contribution in [0.2, 0.25) is 5.02 Å². The van der Waals surface area contributed by atoms with Gasteiger partial charge in [-0.2, -0.15) is 26.4 Å². The molecule has 0 bridgehead atoms. The molecule has 0 saturated carbocycles. The van der Waals surface area contributed by atoms with Crippen LogP contribution in [0.3, 0.4) is 0 Å². The summed E-state index contributed by atoms with van der Waals surface area (Å²) in [6, 6.07) is 57.8. The van der Waals surface area contributed by atoms with E-state index in [-0.39, 0.29) is 16.5 Å². The summed E-state index contributed by atoms with van der Waals surface area (Å²) < 4.78 is 3.70. The Balaban J connectivity index is 0.000000178. The maximum absolute atomic E-state index is 11.1. The summed E-state index contributed by atoms with van der Waals surface area (Å²) in [7, 11) is 0. The zero-order valence-corrected chi connectivity index (χ0v) is 36.2. The zero-order valence-electron chi connectivity index (χ0n) is 35.5. The number of nitro benzene ring substituents is 1. The third kappa shape index (κ3) is 8.93. The van der Waals surface area contributed by atoms with Gasteiger partial charge in [0, 0.05) is 66.8 Å². The van der Waals surface area contributed by atoms with Gasteiger partial charge in [0.1, 0.15) is 6.15 Å². The van der Waals surface area contributed by atoms with Crippen molar-refractivity contribution in [3.8, 4) is 11.8 Å². The Morgan fingerprint density at radius 1 is 0.531 bits per heavy atom. The molecule has 8 aromatic rings. The maximum atomic E-state index is 11.1. The van der Waals surface area contributed by atoms with Crippen molar-refractivity contribution in [2.75, 3.05) is 36.0 Å². The molecule has 10 rings (SSSR count). The molecule has 2 aliphatic heterocycles.